The molecule has 8 aliphatic rings. The summed E-state index contributed by atoms with van der Waals surface area (Å²) in [6, 6.07) is 85.3. The fraction of sp³-hybridized carbons (Fsp3) is 0.190. The molecule has 4 aliphatic heterocycles. The quantitative estimate of drug-likeness (QED) is 0.0219. The van der Waals surface area contributed by atoms with Crippen LogP contribution in [0.15, 0.2) is 255 Å². The average molecular weight is 1870 g/mol. The van der Waals surface area contributed by atoms with E-state index in [1.807, 2.05) is 140 Å². The van der Waals surface area contributed by atoms with Gasteiger partial charge in [0, 0.05) is 153 Å². The zero-order valence-electron chi connectivity index (χ0n) is 76.8. The topological polar surface area (TPSA) is 299 Å². The fourth-order valence-electron chi connectivity index (χ4n) is 23.3. The number of carbonyl (C=O) groups is 9. The molecule has 23 nitrogen and oxygen atoms in total. The number of hydrogen-bond acceptors (Lipinski definition) is 12. The van der Waals surface area contributed by atoms with Gasteiger partial charge in [0.05, 0.1) is 73.2 Å². The summed E-state index contributed by atoms with van der Waals surface area (Å²) >= 11 is 5.22. The van der Waals surface area contributed by atoms with Crippen LogP contribution in [0, 0.1) is 0 Å². The summed E-state index contributed by atoms with van der Waals surface area (Å²) in [5.41, 5.74) is 32.2. The minimum atomic E-state index is -0.330. The van der Waals surface area contributed by atoms with E-state index < -0.39 is 0 Å². The summed E-state index contributed by atoms with van der Waals surface area (Å²) < 4.78 is 15.1. The molecule has 9 N–H and O–H groups in total. The smallest absolute Gasteiger partial charge is 0.319 e. The number of rotatable bonds is 18. The third-order valence-electron chi connectivity index (χ3n) is 29.0. The van der Waals surface area contributed by atoms with Gasteiger partial charge >= 0.3 is 6.03 Å². The van der Waals surface area contributed by atoms with Crippen LogP contribution >= 0.6 is 12.2 Å². The lowest BCUT2D eigenvalue weighted by Crippen LogP contribution is -2.33. The molecule has 18 aromatic rings. The summed E-state index contributed by atoms with van der Waals surface area (Å²) in [6.45, 7) is 5.32. The maximum Gasteiger partial charge on any atom is 0.319 e. The monoisotopic (exact) mass is 1860 g/mol. The molecule has 0 bridgehead atoms. The molecule has 0 atom stereocenters. The highest BCUT2D eigenvalue weighted by Gasteiger charge is 2.44. The summed E-state index contributed by atoms with van der Waals surface area (Å²) in [7, 11) is 1.80. The molecule has 0 unspecified atom stereocenters. The Hall–Kier alpha value is -16.3. The molecule has 26 rings (SSSR count). The molecule has 0 saturated heterocycles. The van der Waals surface area contributed by atoms with Gasteiger partial charge in [0.1, 0.15) is 0 Å². The molecule has 0 radical (unpaired) electrons. The Labute approximate surface area is 809 Å². The fourth-order valence-corrected chi connectivity index (χ4v) is 23.4. The Kier molecular flexibility index (Phi) is 22.8. The average Bonchev–Trinajstić information content (AvgIpc) is 1.54. The van der Waals surface area contributed by atoms with Crippen LogP contribution in [0.3, 0.4) is 0 Å². The van der Waals surface area contributed by atoms with Gasteiger partial charge in [0.25, 0.3) is 47.3 Å². The van der Waals surface area contributed by atoms with Gasteiger partial charge in [0.2, 0.25) is 0 Å². The second-order valence-electron chi connectivity index (χ2n) is 36.7. The highest BCUT2D eigenvalue weighted by atomic mass is 32.1. The molecule has 14 aromatic carbocycles. The molecule has 0 fully saturated rings. The van der Waals surface area contributed by atoms with Crippen molar-refractivity contribution in [1.29, 1.82) is 0 Å². The van der Waals surface area contributed by atoms with Gasteiger partial charge in [-0.15, -0.1) is 0 Å². The van der Waals surface area contributed by atoms with Crippen molar-refractivity contribution in [1.82, 2.24) is 55.5 Å². The van der Waals surface area contributed by atoms with E-state index >= 15 is 0 Å². The number of aliphatic hydroxyl groups excluding tert-OH is 1. The molecule has 4 aliphatic carbocycles. The van der Waals surface area contributed by atoms with Crippen LogP contribution in [-0.2, 0) is 88.9 Å². The van der Waals surface area contributed by atoms with Crippen LogP contribution in [0.25, 0.3) is 132 Å². The number of aromatic nitrogens is 4. The van der Waals surface area contributed by atoms with Gasteiger partial charge in [-0.05, 0) is 198 Å². The van der Waals surface area contributed by atoms with Crippen LogP contribution in [0.2, 0.25) is 0 Å². The van der Waals surface area contributed by atoms with Crippen molar-refractivity contribution >= 4 is 164 Å². The third-order valence-corrected chi connectivity index (χ3v) is 29.3. The van der Waals surface area contributed by atoms with Crippen LogP contribution in [0.1, 0.15) is 159 Å². The van der Waals surface area contributed by atoms with Crippen molar-refractivity contribution in [3.05, 3.63) is 349 Å². The SMILES string of the molecule is CNC(=S)NCCCn1c2ccccc2c2c3c(c4c(c21)-c1ccccc1CC4)C(=O)NC3=O.O=C(NCCCn1c2ccccc2c2c3c(c4c(c21)-c1ccccc1CC4)C(=O)NC3=O)Nc1ccccc1.O=C1NC(=O)c2c1c1c(c3c2c2ccccc2n3CCCO)-c2ccccc2CC1.O=C1NC(=O)c2c1c1c(c3c2c2ccccc2n3CCCOCc2ccccc2)-c2ccccc2CC1. The number of aliphatic hydroxyl groups is 1. The first-order valence-electron chi connectivity index (χ1n) is 48.1. The Morgan fingerprint density at radius 1 is 0.329 bits per heavy atom. The first kappa shape index (κ1) is 87.7. The highest BCUT2D eigenvalue weighted by molar-refractivity contribution is 7.80. The Morgan fingerprint density at radius 3 is 0.950 bits per heavy atom. The molecule has 140 heavy (non-hydrogen) atoms. The van der Waals surface area contributed by atoms with E-state index in [2.05, 4.69) is 176 Å². The van der Waals surface area contributed by atoms with Gasteiger partial charge in [-0.3, -0.25) is 59.6 Å². The standard InChI is InChI=1S/C32H26N4O3.C32H26N2O3.C27H24N4O2S.C25H20N2O3/c37-30-27-23-16-15-19-9-4-5-12-21(19)25(23)29-26(28(27)31(38)35-30)22-13-6-7-14-24(22)36(29)18-8-17-33-32(39)34-20-10-2-1-3-11-20;35-31-28-24-16-15-21-11-4-5-12-22(21)26(24)30-27(29(28)32(36)33-31)23-13-6-7-14-25(23)34(30)17-8-18-37-19-20-9-2-1-3-10-20;1-28-27(34)29-13-6-14-31-19-10-5-4-9-17(19)21-23-22(25(32)30-26(23)33)18-12-11-15-7-2-3-8-16(15)20(18)24(21)31;28-13-5-12-27-18-9-4-3-8-16(18)20-22-21(24(29)26-25(22)30)17-11-10-14-6-1-2-7-15(14)19(17)23(20)27/h1-7,9-14H,8,15-18H2,(H2,33,34,39)(H,35,37,38);1-7,9-14H,8,15-19H2,(H,33,35,36);2-5,7-10H,6,11-14H2,1H3,(H2,28,29,34)(H,30,32,33);1-4,6-9,28H,5,10-13H2,(H,26,29,30). The zero-order valence-corrected chi connectivity index (χ0v) is 77.6. The maximum absolute atomic E-state index is 13.2. The molecule has 0 spiro atoms. The van der Waals surface area contributed by atoms with Gasteiger partial charge in [-0.1, -0.05) is 218 Å². The normalized spacial score (nSPS) is 14.1. The van der Waals surface area contributed by atoms with Crippen LogP contribution in [-0.4, -0.2) is 115 Å². The second-order valence-corrected chi connectivity index (χ2v) is 37.1. The molecule has 4 aromatic heterocycles. The number of fused-ring (bicyclic) bond motifs is 40. The van der Waals surface area contributed by atoms with Crippen LogP contribution < -0.4 is 42.5 Å². The number of nitrogens with one attached hydrogen (secondary N) is 8. The van der Waals surface area contributed by atoms with E-state index in [-0.39, 0.29) is 59.9 Å². The lowest BCUT2D eigenvalue weighted by molar-refractivity contribution is 0.0863. The molecule has 10 amide bonds. The Morgan fingerprint density at radius 2 is 0.614 bits per heavy atom. The molecular weight excluding hydrogens is 1770 g/mol. The largest absolute Gasteiger partial charge is 0.396 e. The number of hydrogen-bond donors (Lipinski definition) is 9. The van der Waals surface area contributed by atoms with Crippen LogP contribution in [0.5, 0.6) is 0 Å². The second kappa shape index (κ2) is 36.3. The van der Waals surface area contributed by atoms with Gasteiger partial charge in [0.15, 0.2) is 5.11 Å². The Balaban J connectivity index is 0.000000105. The van der Waals surface area contributed by atoms with Crippen molar-refractivity contribution in [2.45, 2.75) is 110 Å². The summed E-state index contributed by atoms with van der Waals surface area (Å²) in [6.07, 6.45) is 9.29. The molecule has 24 heteroatoms. The van der Waals surface area contributed by atoms with Crippen molar-refractivity contribution in [3.8, 4) is 44.5 Å². The van der Waals surface area contributed by atoms with Gasteiger partial charge in [-0.2, -0.15) is 0 Å². The van der Waals surface area contributed by atoms with E-state index in [0.717, 1.165) is 243 Å². The Bertz CT molecular complexity index is 8410. The number of carbonyl (C=O) groups excluding carboxylic acids is 9. The number of imide groups is 4. The lowest BCUT2D eigenvalue weighted by Gasteiger charge is -2.24. The molecule has 8 heterocycles. The predicted molar refractivity (Wildman–Crippen MR) is 551 cm³/mol. The number of thiocarbonyl (C=S) groups is 1. The number of para-hydroxylation sites is 5. The van der Waals surface area contributed by atoms with Crippen molar-refractivity contribution in [2.24, 2.45) is 0 Å². The lowest BCUT2D eigenvalue weighted by atomic mass is 9.80. The van der Waals surface area contributed by atoms with Crippen molar-refractivity contribution < 1.29 is 53.0 Å². The molecule has 692 valence electrons. The van der Waals surface area contributed by atoms with E-state index in [1.54, 1.807) is 7.05 Å². The number of nitrogens with zero attached hydrogens (tertiary/aromatic N) is 4. The molecule has 0 saturated carbocycles. The summed E-state index contributed by atoms with van der Waals surface area (Å²) in [5, 5.41) is 39.7. The van der Waals surface area contributed by atoms with Gasteiger partial charge in [-0.25, -0.2) is 4.79 Å². The number of anilines is 1. The summed E-state index contributed by atoms with van der Waals surface area (Å²) in [5.74, 6) is -2.38. The van der Waals surface area contributed by atoms with E-state index in [0.29, 0.717) is 102 Å². The molecular formula is C116H96N12O11S. The number of aryl methyl sites for hydroxylation is 8. The first-order chi connectivity index (χ1) is 68.6. The maximum atomic E-state index is 13.2. The minimum Gasteiger partial charge on any atom is -0.396 e. The predicted octanol–water partition coefficient (Wildman–Crippen LogP) is 19.5. The third kappa shape index (κ3) is 14.7. The van der Waals surface area contributed by atoms with Crippen molar-refractivity contribution in [3.63, 3.8) is 0 Å². The number of amides is 10. The van der Waals surface area contributed by atoms with Crippen LogP contribution in [0.4, 0.5) is 10.5 Å². The van der Waals surface area contributed by atoms with E-state index in [9.17, 15) is 48.3 Å². The zero-order chi connectivity index (χ0) is 95.2. The number of urea groups is 1. The first-order valence-corrected chi connectivity index (χ1v) is 48.5. The highest BCUT2D eigenvalue weighted by Crippen LogP contribution is 2.53. The summed E-state index contributed by atoms with van der Waals surface area (Å²) in [4.78, 5) is 117. The van der Waals surface area contributed by atoms with E-state index in [1.165, 1.54) is 22.3 Å². The minimum absolute atomic E-state index is 0.0939. The van der Waals surface area contributed by atoms with E-state index in [4.69, 9.17) is 17.0 Å². The number of benzene rings is 14. The van der Waals surface area contributed by atoms with Crippen molar-refractivity contribution in [2.75, 3.05) is 38.7 Å². The number of ether oxygens (including phenoxy) is 1. The van der Waals surface area contributed by atoms with Gasteiger partial charge < -0.3 is 49.4 Å².